The lowest BCUT2D eigenvalue weighted by molar-refractivity contribution is 0.317. The van der Waals surface area contributed by atoms with Crippen molar-refractivity contribution in [3.63, 3.8) is 0 Å². The van der Waals surface area contributed by atoms with Gasteiger partial charge in [0.2, 0.25) is 0 Å². The van der Waals surface area contributed by atoms with E-state index in [1.165, 1.54) is 6.07 Å². The van der Waals surface area contributed by atoms with Crippen LogP contribution in [0.25, 0.3) is 0 Å². The van der Waals surface area contributed by atoms with Gasteiger partial charge in [0.1, 0.15) is 11.6 Å². The Morgan fingerprint density at radius 3 is 2.80 bits per heavy atom. The van der Waals surface area contributed by atoms with Gasteiger partial charge in [-0.25, -0.2) is 4.39 Å². The minimum Gasteiger partial charge on any atom is -0.494 e. The summed E-state index contributed by atoms with van der Waals surface area (Å²) in [6, 6.07) is 12.8. The van der Waals surface area contributed by atoms with Crippen molar-refractivity contribution in [3.8, 4) is 5.75 Å². The number of nitrogens with one attached hydrogen (secondary N) is 1. The molecule has 0 amide bonds. The van der Waals surface area contributed by atoms with E-state index >= 15 is 0 Å². The first-order chi connectivity index (χ1) is 9.69. The second kappa shape index (κ2) is 7.29. The Morgan fingerprint density at radius 1 is 1.20 bits per heavy atom. The summed E-state index contributed by atoms with van der Waals surface area (Å²) in [5.74, 6) is 0.584. The van der Waals surface area contributed by atoms with Gasteiger partial charge in [-0.2, -0.15) is 0 Å². The van der Waals surface area contributed by atoms with Crippen LogP contribution in [0.4, 0.5) is 10.1 Å². The smallest absolute Gasteiger partial charge is 0.147 e. The maximum atomic E-state index is 13.7. The second-order valence-corrected chi connectivity index (χ2v) is 5.39. The predicted molar refractivity (Wildman–Crippen MR) is 83.7 cm³/mol. The molecule has 4 heteroatoms. The summed E-state index contributed by atoms with van der Waals surface area (Å²) in [5.41, 5.74) is 1.55. The van der Waals surface area contributed by atoms with E-state index < -0.39 is 0 Å². The lowest BCUT2D eigenvalue weighted by Crippen LogP contribution is -2.02. The Balaban J connectivity index is 1.99. The van der Waals surface area contributed by atoms with Crippen LogP contribution >= 0.6 is 15.9 Å². The van der Waals surface area contributed by atoms with Gasteiger partial charge in [-0.3, -0.25) is 0 Å². The molecule has 0 aliphatic rings. The van der Waals surface area contributed by atoms with Crippen LogP contribution in [0.5, 0.6) is 5.75 Å². The lowest BCUT2D eigenvalue weighted by atomic mass is 10.2. The minimum absolute atomic E-state index is 0.266. The minimum atomic E-state index is -0.266. The molecule has 20 heavy (non-hydrogen) atoms. The van der Waals surface area contributed by atoms with Gasteiger partial charge in [0, 0.05) is 11.0 Å². The Bertz CT molecular complexity index is 574. The fourth-order valence-corrected chi connectivity index (χ4v) is 2.13. The fraction of sp³-hybridized carbons (Fsp3) is 0.250. The van der Waals surface area contributed by atoms with E-state index in [1.54, 1.807) is 6.07 Å². The standard InChI is InChI=1S/C16H17BrFNO/c1-2-8-20-14-5-3-4-12(9-14)11-19-16-7-6-13(17)10-15(16)18/h3-7,9-10,19H,2,8,11H2,1H3. The largest absolute Gasteiger partial charge is 0.494 e. The number of hydrogen-bond acceptors (Lipinski definition) is 2. The first kappa shape index (κ1) is 14.9. The summed E-state index contributed by atoms with van der Waals surface area (Å²) in [6.45, 7) is 3.34. The van der Waals surface area contributed by atoms with Crippen molar-refractivity contribution in [1.82, 2.24) is 0 Å². The van der Waals surface area contributed by atoms with Crippen LogP contribution in [0.3, 0.4) is 0 Å². The Morgan fingerprint density at radius 2 is 2.05 bits per heavy atom. The Hall–Kier alpha value is -1.55. The third-order valence-corrected chi connectivity index (χ3v) is 3.28. The van der Waals surface area contributed by atoms with Gasteiger partial charge in [0.15, 0.2) is 0 Å². The highest BCUT2D eigenvalue weighted by molar-refractivity contribution is 9.10. The van der Waals surface area contributed by atoms with Gasteiger partial charge >= 0.3 is 0 Å². The van der Waals surface area contributed by atoms with Crippen molar-refractivity contribution in [2.75, 3.05) is 11.9 Å². The quantitative estimate of drug-likeness (QED) is 0.801. The van der Waals surface area contributed by atoms with E-state index in [9.17, 15) is 4.39 Å². The third-order valence-electron chi connectivity index (χ3n) is 2.79. The molecule has 0 radical (unpaired) electrons. The number of rotatable bonds is 6. The molecule has 0 unspecified atom stereocenters. The summed E-state index contributed by atoms with van der Waals surface area (Å²) < 4.78 is 20.0. The molecule has 2 aromatic rings. The van der Waals surface area contributed by atoms with E-state index in [0.29, 0.717) is 18.8 Å². The molecule has 0 fully saturated rings. The van der Waals surface area contributed by atoms with Crippen LogP contribution in [0, 0.1) is 5.82 Å². The van der Waals surface area contributed by atoms with Crippen LogP contribution in [0.2, 0.25) is 0 Å². The van der Waals surface area contributed by atoms with Crippen LogP contribution in [-0.2, 0) is 6.54 Å². The molecule has 0 heterocycles. The van der Waals surface area contributed by atoms with Crippen molar-refractivity contribution in [2.24, 2.45) is 0 Å². The molecular formula is C16H17BrFNO. The molecule has 0 saturated heterocycles. The normalized spacial score (nSPS) is 10.3. The lowest BCUT2D eigenvalue weighted by Gasteiger charge is -2.10. The highest BCUT2D eigenvalue weighted by Gasteiger charge is 2.03. The Kier molecular flexibility index (Phi) is 5.41. The SMILES string of the molecule is CCCOc1cccc(CNc2ccc(Br)cc2F)c1. The molecule has 1 N–H and O–H groups in total. The number of ether oxygens (including phenoxy) is 1. The van der Waals surface area contributed by atoms with Gasteiger partial charge in [-0.05, 0) is 42.3 Å². The molecule has 0 atom stereocenters. The number of halogens is 2. The van der Waals surface area contributed by atoms with Gasteiger partial charge < -0.3 is 10.1 Å². The summed E-state index contributed by atoms with van der Waals surface area (Å²) in [5, 5.41) is 3.09. The fourth-order valence-electron chi connectivity index (χ4n) is 1.80. The van der Waals surface area contributed by atoms with Crippen LogP contribution in [0.1, 0.15) is 18.9 Å². The zero-order chi connectivity index (χ0) is 14.4. The van der Waals surface area contributed by atoms with Crippen LogP contribution < -0.4 is 10.1 Å². The monoisotopic (exact) mass is 337 g/mol. The van der Waals surface area contributed by atoms with E-state index in [-0.39, 0.29) is 5.82 Å². The van der Waals surface area contributed by atoms with E-state index in [1.807, 2.05) is 30.3 Å². The van der Waals surface area contributed by atoms with Gasteiger partial charge in [0.05, 0.1) is 12.3 Å². The van der Waals surface area contributed by atoms with Crippen molar-refractivity contribution in [1.29, 1.82) is 0 Å². The topological polar surface area (TPSA) is 21.3 Å². The first-order valence-corrected chi connectivity index (χ1v) is 7.39. The zero-order valence-electron chi connectivity index (χ0n) is 11.3. The molecular weight excluding hydrogens is 321 g/mol. The molecule has 2 rings (SSSR count). The van der Waals surface area contributed by atoms with E-state index in [0.717, 1.165) is 22.2 Å². The highest BCUT2D eigenvalue weighted by atomic mass is 79.9. The van der Waals surface area contributed by atoms with Gasteiger partial charge in [-0.1, -0.05) is 35.0 Å². The Labute approximate surface area is 127 Å². The predicted octanol–water partition coefficient (Wildman–Crippen LogP) is 4.99. The van der Waals surface area contributed by atoms with Gasteiger partial charge in [0.25, 0.3) is 0 Å². The molecule has 0 spiro atoms. The molecule has 0 aromatic heterocycles. The molecule has 106 valence electrons. The summed E-state index contributed by atoms with van der Waals surface area (Å²) in [6.07, 6.45) is 0.979. The molecule has 2 aromatic carbocycles. The number of benzene rings is 2. The van der Waals surface area contributed by atoms with E-state index in [2.05, 4.69) is 28.2 Å². The van der Waals surface area contributed by atoms with Crippen LogP contribution in [0.15, 0.2) is 46.9 Å². The molecule has 0 bridgehead atoms. The number of anilines is 1. The molecule has 2 nitrogen and oxygen atoms in total. The molecule has 0 aliphatic carbocycles. The summed E-state index contributed by atoms with van der Waals surface area (Å²) in [7, 11) is 0. The first-order valence-electron chi connectivity index (χ1n) is 6.59. The second-order valence-electron chi connectivity index (χ2n) is 4.47. The zero-order valence-corrected chi connectivity index (χ0v) is 12.9. The molecule has 0 aliphatic heterocycles. The van der Waals surface area contributed by atoms with Crippen LogP contribution in [-0.4, -0.2) is 6.61 Å². The summed E-state index contributed by atoms with van der Waals surface area (Å²) in [4.78, 5) is 0. The maximum Gasteiger partial charge on any atom is 0.147 e. The van der Waals surface area contributed by atoms with Crippen molar-refractivity contribution in [2.45, 2.75) is 19.9 Å². The van der Waals surface area contributed by atoms with Crippen molar-refractivity contribution >= 4 is 21.6 Å². The third kappa shape index (κ3) is 4.23. The average molecular weight is 338 g/mol. The average Bonchev–Trinajstić information content (AvgIpc) is 2.45. The van der Waals surface area contributed by atoms with Crippen molar-refractivity contribution < 1.29 is 9.13 Å². The maximum absolute atomic E-state index is 13.7. The molecule has 0 saturated carbocycles. The van der Waals surface area contributed by atoms with Gasteiger partial charge in [-0.15, -0.1) is 0 Å². The van der Waals surface area contributed by atoms with Crippen molar-refractivity contribution in [3.05, 3.63) is 58.3 Å². The number of hydrogen-bond donors (Lipinski definition) is 1. The van der Waals surface area contributed by atoms with E-state index in [4.69, 9.17) is 4.74 Å². The highest BCUT2D eigenvalue weighted by Crippen LogP contribution is 2.21. The summed E-state index contributed by atoms with van der Waals surface area (Å²) >= 11 is 3.24.